The Morgan fingerprint density at radius 2 is 2.30 bits per heavy atom. The summed E-state index contributed by atoms with van der Waals surface area (Å²) >= 11 is 0. The van der Waals surface area contributed by atoms with Crippen LogP contribution in [0.5, 0.6) is 11.5 Å². The Morgan fingerprint density at radius 1 is 1.52 bits per heavy atom. The highest BCUT2D eigenvalue weighted by molar-refractivity contribution is 5.79. The van der Waals surface area contributed by atoms with Crippen LogP contribution < -0.4 is 4.74 Å². The van der Waals surface area contributed by atoms with Crippen LogP contribution in [0.1, 0.15) is 32.3 Å². The number of likely N-dealkylation sites (N-methyl/N-ethyl adjacent to an activating group) is 1. The molecule has 6 nitrogen and oxygen atoms in total. The van der Waals surface area contributed by atoms with Gasteiger partial charge in [-0.1, -0.05) is 19.6 Å². The summed E-state index contributed by atoms with van der Waals surface area (Å²) in [5.41, 5.74) is 1.56. The lowest BCUT2D eigenvalue weighted by Gasteiger charge is -2.27. The first-order chi connectivity index (χ1) is 12.9. The standard InChI is InChI=1S/C21H31N3O3/c1-5-18-19(25)9-6-10-20(18)27-15-17-8-7-12-24(17)21(26)14-23(4)13-11-22-16(2)3/h6,9-11,17,25H,2,5,7-8,12-15H2,1,3-4H3/t17-/m0/s1. The minimum Gasteiger partial charge on any atom is -0.508 e. The summed E-state index contributed by atoms with van der Waals surface area (Å²) in [6.07, 6.45) is 4.40. The molecular weight excluding hydrogens is 342 g/mol. The lowest BCUT2D eigenvalue weighted by atomic mass is 10.1. The van der Waals surface area contributed by atoms with Crippen LogP contribution in [0.25, 0.3) is 0 Å². The SMILES string of the molecule is C=C(C)N=CCN(C)CC(=O)N1CCC[C@H]1COc1cccc(O)c1CC. The number of likely N-dealkylation sites (tertiary alicyclic amines) is 1. The first-order valence-corrected chi connectivity index (χ1v) is 9.52. The smallest absolute Gasteiger partial charge is 0.237 e. The van der Waals surface area contributed by atoms with E-state index in [1.54, 1.807) is 18.3 Å². The van der Waals surface area contributed by atoms with Gasteiger partial charge in [0.1, 0.15) is 18.1 Å². The Hall–Kier alpha value is -2.34. The van der Waals surface area contributed by atoms with Crippen LogP contribution >= 0.6 is 0 Å². The van der Waals surface area contributed by atoms with Gasteiger partial charge in [0.15, 0.2) is 0 Å². The van der Waals surface area contributed by atoms with Gasteiger partial charge in [0.25, 0.3) is 0 Å². The second-order valence-corrected chi connectivity index (χ2v) is 7.05. The number of hydrogen-bond donors (Lipinski definition) is 1. The van der Waals surface area contributed by atoms with E-state index in [2.05, 4.69) is 11.6 Å². The van der Waals surface area contributed by atoms with Gasteiger partial charge >= 0.3 is 0 Å². The van der Waals surface area contributed by atoms with Crippen molar-refractivity contribution in [2.75, 3.05) is 33.3 Å². The highest BCUT2D eigenvalue weighted by Crippen LogP contribution is 2.29. The Kier molecular flexibility index (Phi) is 7.85. The predicted octanol–water partition coefficient (Wildman–Crippen LogP) is 2.86. The molecule has 1 saturated heterocycles. The van der Waals surface area contributed by atoms with Crippen molar-refractivity contribution < 1.29 is 14.6 Å². The minimum absolute atomic E-state index is 0.0713. The van der Waals surface area contributed by atoms with Gasteiger partial charge < -0.3 is 14.7 Å². The Morgan fingerprint density at radius 3 is 3.00 bits per heavy atom. The Balaban J connectivity index is 1.90. The van der Waals surface area contributed by atoms with E-state index in [4.69, 9.17) is 4.74 Å². The normalized spacial score (nSPS) is 17.0. The van der Waals surface area contributed by atoms with Crippen molar-refractivity contribution in [3.8, 4) is 11.5 Å². The van der Waals surface area contributed by atoms with Gasteiger partial charge in [-0.15, -0.1) is 0 Å². The molecule has 0 unspecified atom stereocenters. The lowest BCUT2D eigenvalue weighted by molar-refractivity contribution is -0.133. The molecule has 1 aliphatic rings. The van der Waals surface area contributed by atoms with Gasteiger partial charge in [-0.3, -0.25) is 14.7 Å². The first-order valence-electron chi connectivity index (χ1n) is 9.52. The van der Waals surface area contributed by atoms with Gasteiger partial charge in [0.05, 0.1) is 12.6 Å². The molecule has 1 atom stereocenters. The molecular formula is C21H31N3O3. The summed E-state index contributed by atoms with van der Waals surface area (Å²) in [4.78, 5) is 20.7. The lowest BCUT2D eigenvalue weighted by Crippen LogP contribution is -2.44. The predicted molar refractivity (Wildman–Crippen MR) is 109 cm³/mol. The van der Waals surface area contributed by atoms with E-state index in [1.165, 1.54) is 0 Å². The third-order valence-electron chi connectivity index (χ3n) is 4.70. The fourth-order valence-electron chi connectivity index (χ4n) is 3.29. The van der Waals surface area contributed by atoms with Crippen LogP contribution in [0.3, 0.4) is 0 Å². The number of carbonyl (C=O) groups excluding carboxylic acids is 1. The number of ether oxygens (including phenoxy) is 1. The van der Waals surface area contributed by atoms with E-state index in [9.17, 15) is 9.90 Å². The van der Waals surface area contributed by atoms with Crippen LogP contribution in [-0.4, -0.2) is 66.4 Å². The molecule has 0 aromatic heterocycles. The molecule has 0 bridgehead atoms. The third kappa shape index (κ3) is 6.10. The molecule has 1 fully saturated rings. The number of allylic oxidation sites excluding steroid dienone is 1. The zero-order chi connectivity index (χ0) is 19.8. The number of aromatic hydroxyl groups is 1. The number of phenols is 1. The molecule has 0 radical (unpaired) electrons. The van der Waals surface area contributed by atoms with Crippen molar-refractivity contribution in [3.63, 3.8) is 0 Å². The molecule has 1 aliphatic heterocycles. The monoisotopic (exact) mass is 373 g/mol. The zero-order valence-electron chi connectivity index (χ0n) is 16.6. The average molecular weight is 373 g/mol. The van der Waals surface area contributed by atoms with E-state index in [-0.39, 0.29) is 17.7 Å². The third-order valence-corrected chi connectivity index (χ3v) is 4.70. The van der Waals surface area contributed by atoms with E-state index in [1.807, 2.05) is 36.8 Å². The maximum absolute atomic E-state index is 12.7. The van der Waals surface area contributed by atoms with Crippen LogP contribution in [-0.2, 0) is 11.2 Å². The summed E-state index contributed by atoms with van der Waals surface area (Å²) in [5, 5.41) is 9.96. The van der Waals surface area contributed by atoms with Crippen molar-refractivity contribution in [1.29, 1.82) is 0 Å². The molecule has 1 aromatic carbocycles. The minimum atomic E-state index is 0.0713. The fourth-order valence-corrected chi connectivity index (χ4v) is 3.29. The van der Waals surface area contributed by atoms with E-state index >= 15 is 0 Å². The van der Waals surface area contributed by atoms with E-state index in [0.29, 0.717) is 31.9 Å². The molecule has 1 N–H and O–H groups in total. The Bertz CT molecular complexity index is 687. The molecule has 6 heteroatoms. The topological polar surface area (TPSA) is 65.4 Å². The van der Waals surface area contributed by atoms with E-state index < -0.39 is 0 Å². The number of carbonyl (C=O) groups is 1. The Labute approximate surface area is 162 Å². The summed E-state index contributed by atoms with van der Waals surface area (Å²) in [5.74, 6) is 1.07. The summed E-state index contributed by atoms with van der Waals surface area (Å²) in [7, 11) is 1.91. The van der Waals surface area contributed by atoms with Gasteiger partial charge in [0.2, 0.25) is 5.91 Å². The van der Waals surface area contributed by atoms with E-state index in [0.717, 1.165) is 30.6 Å². The van der Waals surface area contributed by atoms with Gasteiger partial charge in [-0.25, -0.2) is 0 Å². The number of phenolic OH excluding ortho intramolecular Hbond substituents is 1. The number of rotatable bonds is 9. The molecule has 0 spiro atoms. The number of aliphatic imine (C=N–C) groups is 1. The largest absolute Gasteiger partial charge is 0.508 e. The van der Waals surface area contributed by atoms with Crippen LogP contribution in [0.2, 0.25) is 0 Å². The molecule has 27 heavy (non-hydrogen) atoms. The maximum atomic E-state index is 12.7. The van der Waals surface area contributed by atoms with Crippen molar-refractivity contribution in [3.05, 3.63) is 36.0 Å². The van der Waals surface area contributed by atoms with Gasteiger partial charge in [-0.05, 0) is 45.4 Å². The van der Waals surface area contributed by atoms with Crippen molar-refractivity contribution in [1.82, 2.24) is 9.80 Å². The molecule has 148 valence electrons. The number of hydrogen-bond acceptors (Lipinski definition) is 5. The van der Waals surface area contributed by atoms with Gasteiger partial charge in [0, 0.05) is 30.6 Å². The molecule has 0 aliphatic carbocycles. The molecule has 1 amide bonds. The van der Waals surface area contributed by atoms with Gasteiger partial charge in [-0.2, -0.15) is 0 Å². The number of amides is 1. The fraction of sp³-hybridized carbons (Fsp3) is 0.524. The highest BCUT2D eigenvalue weighted by Gasteiger charge is 2.29. The van der Waals surface area contributed by atoms with Crippen LogP contribution in [0, 0.1) is 0 Å². The number of nitrogens with zero attached hydrogens (tertiary/aromatic N) is 3. The van der Waals surface area contributed by atoms with Crippen molar-refractivity contribution >= 4 is 12.1 Å². The second kappa shape index (κ2) is 10.1. The quantitative estimate of drug-likeness (QED) is 0.676. The summed E-state index contributed by atoms with van der Waals surface area (Å²) in [6.45, 7) is 9.73. The van der Waals surface area contributed by atoms with Crippen molar-refractivity contribution in [2.45, 2.75) is 39.2 Å². The molecule has 1 aromatic rings. The van der Waals surface area contributed by atoms with Crippen LogP contribution in [0.4, 0.5) is 0 Å². The van der Waals surface area contributed by atoms with Crippen LogP contribution in [0.15, 0.2) is 35.5 Å². The summed E-state index contributed by atoms with van der Waals surface area (Å²) in [6, 6.07) is 5.39. The molecule has 1 heterocycles. The molecule has 0 saturated carbocycles. The maximum Gasteiger partial charge on any atom is 0.237 e. The number of benzene rings is 1. The second-order valence-electron chi connectivity index (χ2n) is 7.05. The van der Waals surface area contributed by atoms with Crippen molar-refractivity contribution in [2.24, 2.45) is 4.99 Å². The summed E-state index contributed by atoms with van der Waals surface area (Å²) < 4.78 is 5.97. The first kappa shape index (κ1) is 21.0. The average Bonchev–Trinajstić information content (AvgIpc) is 3.08. The zero-order valence-corrected chi connectivity index (χ0v) is 16.6. The highest BCUT2D eigenvalue weighted by atomic mass is 16.5. The molecule has 2 rings (SSSR count).